The highest BCUT2D eigenvalue weighted by atomic mass is 32.2. The van der Waals surface area contributed by atoms with Crippen molar-refractivity contribution in [3.63, 3.8) is 0 Å². The summed E-state index contributed by atoms with van der Waals surface area (Å²) in [7, 11) is -1.59. The van der Waals surface area contributed by atoms with Gasteiger partial charge in [0.05, 0.1) is 4.90 Å². The van der Waals surface area contributed by atoms with Crippen molar-refractivity contribution < 1.29 is 13.2 Å². The lowest BCUT2D eigenvalue weighted by Gasteiger charge is -2.13. The molecule has 0 aromatic heterocycles. The summed E-state index contributed by atoms with van der Waals surface area (Å²) in [5.74, 6) is 0. The maximum atomic E-state index is 11.2. The Balaban J connectivity index is 2.84. The third kappa shape index (κ3) is 3.23. The molecular weight excluding hydrogens is 228 g/mol. The SMILES string of the molecule is CN(Cc1ccc(S(C)(=O)=O)cc1)C(N)=O. The van der Waals surface area contributed by atoms with E-state index in [0.29, 0.717) is 6.54 Å². The van der Waals surface area contributed by atoms with Crippen molar-refractivity contribution >= 4 is 15.9 Å². The van der Waals surface area contributed by atoms with Gasteiger partial charge >= 0.3 is 6.03 Å². The number of nitrogens with zero attached hydrogens (tertiary/aromatic N) is 1. The molecule has 5 nitrogen and oxygen atoms in total. The molecule has 16 heavy (non-hydrogen) atoms. The van der Waals surface area contributed by atoms with Gasteiger partial charge in [0.2, 0.25) is 0 Å². The number of urea groups is 1. The van der Waals surface area contributed by atoms with Gasteiger partial charge in [-0.25, -0.2) is 13.2 Å². The van der Waals surface area contributed by atoms with Crippen molar-refractivity contribution in [1.29, 1.82) is 0 Å². The second kappa shape index (κ2) is 4.52. The van der Waals surface area contributed by atoms with Crippen LogP contribution in [-0.4, -0.2) is 32.7 Å². The highest BCUT2D eigenvalue weighted by molar-refractivity contribution is 7.90. The average molecular weight is 242 g/mol. The number of hydrogen-bond donors (Lipinski definition) is 1. The molecule has 0 heterocycles. The lowest BCUT2D eigenvalue weighted by molar-refractivity contribution is 0.216. The van der Waals surface area contributed by atoms with Crippen LogP contribution in [0.25, 0.3) is 0 Å². The molecule has 0 atom stereocenters. The van der Waals surface area contributed by atoms with Crippen molar-refractivity contribution in [1.82, 2.24) is 4.90 Å². The van der Waals surface area contributed by atoms with E-state index in [1.54, 1.807) is 19.2 Å². The third-order valence-electron chi connectivity index (χ3n) is 2.15. The monoisotopic (exact) mass is 242 g/mol. The van der Waals surface area contributed by atoms with Gasteiger partial charge < -0.3 is 10.6 Å². The lowest BCUT2D eigenvalue weighted by atomic mass is 10.2. The number of amides is 2. The average Bonchev–Trinajstić information content (AvgIpc) is 2.17. The molecule has 0 radical (unpaired) electrons. The molecule has 1 aromatic rings. The van der Waals surface area contributed by atoms with Crippen molar-refractivity contribution in [2.75, 3.05) is 13.3 Å². The fourth-order valence-electron chi connectivity index (χ4n) is 1.19. The molecule has 0 fully saturated rings. The maximum Gasteiger partial charge on any atom is 0.314 e. The standard InChI is InChI=1S/C10H14N2O3S/c1-12(10(11)13)7-8-3-5-9(6-4-8)16(2,14)15/h3-6H,7H2,1-2H3,(H2,11,13). The highest BCUT2D eigenvalue weighted by Gasteiger charge is 2.08. The minimum atomic E-state index is -3.17. The number of hydrogen-bond acceptors (Lipinski definition) is 3. The Morgan fingerprint density at radius 3 is 2.19 bits per heavy atom. The Morgan fingerprint density at radius 2 is 1.81 bits per heavy atom. The smallest absolute Gasteiger partial charge is 0.314 e. The van der Waals surface area contributed by atoms with E-state index in [0.717, 1.165) is 11.8 Å². The summed E-state index contributed by atoms with van der Waals surface area (Å²) in [5, 5.41) is 0. The summed E-state index contributed by atoms with van der Waals surface area (Å²) >= 11 is 0. The number of carbonyl (C=O) groups excluding carboxylic acids is 1. The zero-order valence-electron chi connectivity index (χ0n) is 9.17. The van der Waals surface area contributed by atoms with Crippen LogP contribution in [0.5, 0.6) is 0 Å². The number of primary amides is 1. The van der Waals surface area contributed by atoms with Gasteiger partial charge in [0, 0.05) is 19.8 Å². The van der Waals surface area contributed by atoms with Gasteiger partial charge in [0.15, 0.2) is 9.84 Å². The summed E-state index contributed by atoms with van der Waals surface area (Å²) in [4.78, 5) is 12.4. The van der Waals surface area contributed by atoms with Crippen molar-refractivity contribution in [2.24, 2.45) is 5.73 Å². The van der Waals surface area contributed by atoms with E-state index in [1.807, 2.05) is 0 Å². The molecule has 0 bridgehead atoms. The number of nitrogens with two attached hydrogens (primary N) is 1. The number of benzene rings is 1. The Kier molecular flexibility index (Phi) is 3.54. The van der Waals surface area contributed by atoms with Crippen molar-refractivity contribution in [2.45, 2.75) is 11.4 Å². The molecule has 6 heteroatoms. The van der Waals surface area contributed by atoms with E-state index in [4.69, 9.17) is 5.73 Å². The number of sulfone groups is 1. The van der Waals surface area contributed by atoms with E-state index in [-0.39, 0.29) is 4.90 Å². The molecule has 0 saturated heterocycles. The zero-order chi connectivity index (χ0) is 12.3. The van der Waals surface area contributed by atoms with Crippen LogP contribution in [0.15, 0.2) is 29.2 Å². The van der Waals surface area contributed by atoms with Crippen LogP contribution < -0.4 is 5.73 Å². The van der Waals surface area contributed by atoms with E-state index in [2.05, 4.69) is 0 Å². The Bertz CT molecular complexity index is 479. The number of rotatable bonds is 3. The molecule has 2 amide bonds. The molecule has 0 saturated carbocycles. The summed E-state index contributed by atoms with van der Waals surface area (Å²) in [6.45, 7) is 0.360. The van der Waals surface area contributed by atoms with Crippen molar-refractivity contribution in [3.05, 3.63) is 29.8 Å². The first-order valence-electron chi connectivity index (χ1n) is 4.60. The van der Waals surface area contributed by atoms with Crippen LogP contribution in [-0.2, 0) is 16.4 Å². The fraction of sp³-hybridized carbons (Fsp3) is 0.300. The molecular formula is C10H14N2O3S. The highest BCUT2D eigenvalue weighted by Crippen LogP contribution is 2.11. The van der Waals surface area contributed by atoms with E-state index in [1.165, 1.54) is 17.0 Å². The largest absolute Gasteiger partial charge is 0.351 e. The van der Waals surface area contributed by atoms with E-state index in [9.17, 15) is 13.2 Å². The van der Waals surface area contributed by atoms with Gasteiger partial charge in [0.1, 0.15) is 0 Å². The molecule has 0 aliphatic heterocycles. The molecule has 0 aliphatic carbocycles. The first-order chi connectivity index (χ1) is 7.30. The molecule has 88 valence electrons. The predicted molar refractivity (Wildman–Crippen MR) is 60.6 cm³/mol. The second-order valence-electron chi connectivity index (χ2n) is 3.61. The van der Waals surface area contributed by atoms with Crippen LogP contribution in [0.2, 0.25) is 0 Å². The van der Waals surface area contributed by atoms with Crippen molar-refractivity contribution in [3.8, 4) is 0 Å². The summed E-state index contributed by atoms with van der Waals surface area (Å²) < 4.78 is 22.4. The van der Waals surface area contributed by atoms with Gasteiger partial charge in [0.25, 0.3) is 0 Å². The van der Waals surface area contributed by atoms with Gasteiger partial charge in [-0.3, -0.25) is 0 Å². The Hall–Kier alpha value is -1.56. The predicted octanol–water partition coefficient (Wildman–Crippen LogP) is 0.601. The van der Waals surface area contributed by atoms with Gasteiger partial charge in [-0.1, -0.05) is 12.1 Å². The van der Waals surface area contributed by atoms with Gasteiger partial charge in [-0.2, -0.15) is 0 Å². The molecule has 0 aliphatic rings. The van der Waals surface area contributed by atoms with Gasteiger partial charge in [-0.15, -0.1) is 0 Å². The number of carbonyl (C=O) groups is 1. The maximum absolute atomic E-state index is 11.2. The molecule has 0 unspecified atom stereocenters. The first kappa shape index (κ1) is 12.5. The summed E-state index contributed by atoms with van der Waals surface area (Å²) in [6, 6.07) is 5.83. The Morgan fingerprint density at radius 1 is 1.31 bits per heavy atom. The minimum Gasteiger partial charge on any atom is -0.351 e. The normalized spacial score (nSPS) is 11.1. The fourth-order valence-corrected chi connectivity index (χ4v) is 1.82. The lowest BCUT2D eigenvalue weighted by Crippen LogP contribution is -2.31. The quantitative estimate of drug-likeness (QED) is 0.842. The third-order valence-corrected chi connectivity index (χ3v) is 3.28. The second-order valence-corrected chi connectivity index (χ2v) is 5.63. The Labute approximate surface area is 94.8 Å². The van der Waals surface area contributed by atoms with Gasteiger partial charge in [-0.05, 0) is 17.7 Å². The summed E-state index contributed by atoms with van der Waals surface area (Å²) in [5.41, 5.74) is 5.90. The topological polar surface area (TPSA) is 80.5 Å². The van der Waals surface area contributed by atoms with Crippen LogP contribution >= 0.6 is 0 Å². The molecule has 1 rings (SSSR count). The van der Waals surface area contributed by atoms with Crippen LogP contribution in [0, 0.1) is 0 Å². The van der Waals surface area contributed by atoms with Crippen LogP contribution in [0.1, 0.15) is 5.56 Å². The summed E-state index contributed by atoms with van der Waals surface area (Å²) in [6.07, 6.45) is 1.15. The zero-order valence-corrected chi connectivity index (χ0v) is 9.99. The molecule has 2 N–H and O–H groups in total. The van der Waals surface area contributed by atoms with Crippen LogP contribution in [0.4, 0.5) is 4.79 Å². The molecule has 0 spiro atoms. The van der Waals surface area contributed by atoms with E-state index < -0.39 is 15.9 Å². The first-order valence-corrected chi connectivity index (χ1v) is 6.49. The minimum absolute atomic E-state index is 0.262. The van der Waals surface area contributed by atoms with Crippen LogP contribution in [0.3, 0.4) is 0 Å². The van der Waals surface area contributed by atoms with E-state index >= 15 is 0 Å². The molecule has 1 aromatic carbocycles.